The fraction of sp³-hybridized carbons (Fsp3) is 0.889. The maximum atomic E-state index is 13.2. The predicted octanol–water partition coefficient (Wildman–Crippen LogP) is 2.93. The molecule has 0 radical (unpaired) electrons. The van der Waals surface area contributed by atoms with E-state index in [9.17, 15) is 14.7 Å². The molecule has 5 heteroatoms. The molecule has 2 fully saturated rings. The smallest absolute Gasteiger partial charge is 0.311 e. The number of carbonyl (C=O) groups excluding carboxylic acids is 1. The number of hydrogen-bond acceptors (Lipinski definition) is 3. The number of carbonyl (C=O) groups is 2. The van der Waals surface area contributed by atoms with Crippen LogP contribution in [0.3, 0.4) is 0 Å². The van der Waals surface area contributed by atoms with Crippen molar-refractivity contribution in [1.82, 2.24) is 4.90 Å². The van der Waals surface area contributed by atoms with E-state index in [0.717, 1.165) is 32.1 Å². The molecule has 0 spiro atoms. The Morgan fingerprint density at radius 3 is 2.35 bits per heavy atom. The Hall–Kier alpha value is -1.10. The first-order valence-electron chi connectivity index (χ1n) is 8.98. The van der Waals surface area contributed by atoms with Crippen molar-refractivity contribution in [3.63, 3.8) is 0 Å². The van der Waals surface area contributed by atoms with E-state index in [4.69, 9.17) is 4.74 Å². The molecule has 1 saturated heterocycles. The number of aliphatic carboxylic acids is 1. The van der Waals surface area contributed by atoms with Gasteiger partial charge in [0.25, 0.3) is 0 Å². The maximum Gasteiger partial charge on any atom is 0.311 e. The maximum absolute atomic E-state index is 13.2. The van der Waals surface area contributed by atoms with Crippen LogP contribution in [-0.4, -0.2) is 48.2 Å². The fourth-order valence-electron chi connectivity index (χ4n) is 4.27. The molecule has 0 aromatic carbocycles. The topological polar surface area (TPSA) is 66.8 Å². The van der Waals surface area contributed by atoms with Crippen LogP contribution in [-0.2, 0) is 14.3 Å². The molecule has 1 aliphatic carbocycles. The standard InChI is InChI=1S/C18H31NO4/c1-4-23-12-10-17(7-5-6-8-17)15(20)19-11-9-18(13-19,14(2)3)16(21)22/h14H,4-13H2,1-3H3,(H,21,22). The highest BCUT2D eigenvalue weighted by molar-refractivity contribution is 5.85. The normalized spacial score (nSPS) is 26.9. The van der Waals surface area contributed by atoms with Crippen LogP contribution in [0.25, 0.3) is 0 Å². The van der Waals surface area contributed by atoms with Crippen molar-refractivity contribution in [3.8, 4) is 0 Å². The first-order chi connectivity index (χ1) is 10.9. The molecule has 1 saturated carbocycles. The molecule has 1 aliphatic heterocycles. The van der Waals surface area contributed by atoms with E-state index >= 15 is 0 Å². The van der Waals surface area contributed by atoms with E-state index in [1.807, 2.05) is 25.7 Å². The highest BCUT2D eigenvalue weighted by Crippen LogP contribution is 2.46. The Kier molecular flexibility index (Phi) is 5.71. The Bertz CT molecular complexity index is 442. The molecule has 1 heterocycles. The van der Waals surface area contributed by atoms with Gasteiger partial charge in [-0.1, -0.05) is 26.7 Å². The van der Waals surface area contributed by atoms with Crippen LogP contribution >= 0.6 is 0 Å². The molecule has 1 N–H and O–H groups in total. The van der Waals surface area contributed by atoms with E-state index in [0.29, 0.717) is 32.7 Å². The number of carboxylic acids is 1. The summed E-state index contributed by atoms with van der Waals surface area (Å²) in [5.41, 5.74) is -1.10. The zero-order valence-corrected chi connectivity index (χ0v) is 14.8. The number of likely N-dealkylation sites (tertiary alicyclic amines) is 1. The number of carboxylic acid groups (broad SMARTS) is 1. The summed E-state index contributed by atoms with van der Waals surface area (Å²) in [6, 6.07) is 0. The molecule has 132 valence electrons. The third-order valence-electron chi connectivity index (χ3n) is 6.06. The van der Waals surface area contributed by atoms with Crippen molar-refractivity contribution in [2.45, 2.75) is 59.3 Å². The molecule has 0 bridgehead atoms. The first kappa shape index (κ1) is 18.2. The van der Waals surface area contributed by atoms with E-state index < -0.39 is 11.4 Å². The van der Waals surface area contributed by atoms with Gasteiger partial charge in [-0.05, 0) is 38.5 Å². The van der Waals surface area contributed by atoms with Crippen molar-refractivity contribution in [3.05, 3.63) is 0 Å². The minimum atomic E-state index is -0.782. The first-order valence-corrected chi connectivity index (χ1v) is 8.98. The van der Waals surface area contributed by atoms with E-state index in [1.165, 1.54) is 0 Å². The summed E-state index contributed by atoms with van der Waals surface area (Å²) in [5, 5.41) is 9.68. The van der Waals surface area contributed by atoms with Crippen molar-refractivity contribution < 1.29 is 19.4 Å². The van der Waals surface area contributed by atoms with Gasteiger partial charge in [0.05, 0.1) is 10.8 Å². The molecule has 1 atom stereocenters. The van der Waals surface area contributed by atoms with Gasteiger partial charge in [-0.25, -0.2) is 0 Å². The number of nitrogens with zero attached hydrogens (tertiary/aromatic N) is 1. The number of ether oxygens (including phenoxy) is 1. The summed E-state index contributed by atoms with van der Waals surface area (Å²) >= 11 is 0. The van der Waals surface area contributed by atoms with Crippen LogP contribution in [0.5, 0.6) is 0 Å². The van der Waals surface area contributed by atoms with Gasteiger partial charge in [-0.15, -0.1) is 0 Å². The molecule has 0 aromatic rings. The van der Waals surface area contributed by atoms with Crippen LogP contribution in [0, 0.1) is 16.7 Å². The SMILES string of the molecule is CCOCCC1(C(=O)N2CCC(C(=O)O)(C(C)C)C2)CCCC1. The van der Waals surface area contributed by atoms with Crippen LogP contribution in [0.4, 0.5) is 0 Å². The number of amides is 1. The lowest BCUT2D eigenvalue weighted by Crippen LogP contribution is -2.45. The average molecular weight is 325 g/mol. The third kappa shape index (κ3) is 3.39. The quantitative estimate of drug-likeness (QED) is 0.731. The monoisotopic (exact) mass is 325 g/mol. The summed E-state index contributed by atoms with van der Waals surface area (Å²) in [4.78, 5) is 26.8. The average Bonchev–Trinajstić information content (AvgIpc) is 3.15. The number of hydrogen-bond donors (Lipinski definition) is 1. The van der Waals surface area contributed by atoms with Crippen LogP contribution in [0.2, 0.25) is 0 Å². The minimum absolute atomic E-state index is 0.0285. The van der Waals surface area contributed by atoms with Gasteiger partial charge in [0, 0.05) is 26.3 Å². The Labute approximate surface area is 139 Å². The van der Waals surface area contributed by atoms with Gasteiger partial charge in [-0.3, -0.25) is 9.59 Å². The van der Waals surface area contributed by atoms with Gasteiger partial charge >= 0.3 is 5.97 Å². The highest BCUT2D eigenvalue weighted by Gasteiger charge is 2.52. The Balaban J connectivity index is 2.11. The van der Waals surface area contributed by atoms with Crippen LogP contribution in [0.15, 0.2) is 0 Å². The van der Waals surface area contributed by atoms with Gasteiger partial charge in [0.2, 0.25) is 5.91 Å². The lowest BCUT2D eigenvalue weighted by molar-refractivity contribution is -0.152. The lowest BCUT2D eigenvalue weighted by atomic mass is 9.76. The summed E-state index contributed by atoms with van der Waals surface area (Å²) in [7, 11) is 0. The van der Waals surface area contributed by atoms with Crippen molar-refractivity contribution >= 4 is 11.9 Å². The third-order valence-corrected chi connectivity index (χ3v) is 6.06. The van der Waals surface area contributed by atoms with E-state index in [1.54, 1.807) is 0 Å². The largest absolute Gasteiger partial charge is 0.481 e. The second-order valence-corrected chi connectivity index (χ2v) is 7.53. The van der Waals surface area contributed by atoms with E-state index in [-0.39, 0.29) is 17.2 Å². The molecular formula is C18H31NO4. The van der Waals surface area contributed by atoms with Gasteiger partial charge in [0.1, 0.15) is 0 Å². The molecule has 0 aromatic heterocycles. The molecule has 23 heavy (non-hydrogen) atoms. The summed E-state index contributed by atoms with van der Waals surface area (Å²) in [5.74, 6) is -0.572. The van der Waals surface area contributed by atoms with Crippen molar-refractivity contribution in [1.29, 1.82) is 0 Å². The van der Waals surface area contributed by atoms with Crippen LogP contribution < -0.4 is 0 Å². The molecule has 1 unspecified atom stereocenters. The zero-order chi connectivity index (χ0) is 17.1. The summed E-state index contributed by atoms with van der Waals surface area (Å²) in [6.45, 7) is 8.07. The number of rotatable bonds is 7. The van der Waals surface area contributed by atoms with Gasteiger partial charge < -0.3 is 14.7 Å². The van der Waals surface area contributed by atoms with Crippen LogP contribution in [0.1, 0.15) is 59.3 Å². The molecular weight excluding hydrogens is 294 g/mol. The van der Waals surface area contributed by atoms with Gasteiger partial charge in [0.15, 0.2) is 0 Å². The zero-order valence-electron chi connectivity index (χ0n) is 14.8. The molecule has 1 amide bonds. The molecule has 2 rings (SSSR count). The van der Waals surface area contributed by atoms with Crippen molar-refractivity contribution in [2.24, 2.45) is 16.7 Å². The fourth-order valence-corrected chi connectivity index (χ4v) is 4.27. The van der Waals surface area contributed by atoms with E-state index in [2.05, 4.69) is 0 Å². The second kappa shape index (κ2) is 7.20. The predicted molar refractivity (Wildman–Crippen MR) is 88.1 cm³/mol. The minimum Gasteiger partial charge on any atom is -0.481 e. The van der Waals surface area contributed by atoms with Gasteiger partial charge in [-0.2, -0.15) is 0 Å². The molecule has 2 aliphatic rings. The van der Waals surface area contributed by atoms with Crippen molar-refractivity contribution in [2.75, 3.05) is 26.3 Å². The lowest BCUT2D eigenvalue weighted by Gasteiger charge is -2.34. The molecule has 5 nitrogen and oxygen atoms in total. The summed E-state index contributed by atoms with van der Waals surface area (Å²) in [6.07, 6.45) is 5.32. The highest BCUT2D eigenvalue weighted by atomic mass is 16.5. The summed E-state index contributed by atoms with van der Waals surface area (Å²) < 4.78 is 5.49. The Morgan fingerprint density at radius 2 is 1.87 bits per heavy atom. The Morgan fingerprint density at radius 1 is 1.22 bits per heavy atom. The second-order valence-electron chi connectivity index (χ2n) is 7.53.